The minimum atomic E-state index is 0.250. The summed E-state index contributed by atoms with van der Waals surface area (Å²) in [5.74, 6) is 0.892. The standard InChI is InChI=1S/C17H25N3O/c1-3-10-20-13-19-11-16(20)12-21-17-8-6-15(7-9-17)5-4-14(2)18/h6-9,11,13-14H,3-5,10,12,18H2,1-2H3. The summed E-state index contributed by atoms with van der Waals surface area (Å²) in [6.45, 7) is 5.73. The number of benzene rings is 1. The first-order chi connectivity index (χ1) is 10.2. The molecular weight excluding hydrogens is 262 g/mol. The van der Waals surface area contributed by atoms with Crippen LogP contribution in [0.3, 0.4) is 0 Å². The highest BCUT2D eigenvalue weighted by atomic mass is 16.5. The summed E-state index contributed by atoms with van der Waals surface area (Å²) in [5.41, 5.74) is 8.19. The van der Waals surface area contributed by atoms with E-state index in [1.165, 1.54) is 5.56 Å². The molecule has 1 atom stereocenters. The lowest BCUT2D eigenvalue weighted by Crippen LogP contribution is -2.15. The Morgan fingerprint density at radius 2 is 2.05 bits per heavy atom. The number of nitrogens with zero attached hydrogens (tertiary/aromatic N) is 2. The number of rotatable bonds is 8. The molecular formula is C17H25N3O. The summed E-state index contributed by atoms with van der Waals surface area (Å²) in [7, 11) is 0. The third kappa shape index (κ3) is 4.90. The van der Waals surface area contributed by atoms with E-state index in [0.29, 0.717) is 6.61 Å². The van der Waals surface area contributed by atoms with Crippen LogP contribution in [-0.4, -0.2) is 15.6 Å². The van der Waals surface area contributed by atoms with E-state index in [2.05, 4.69) is 28.6 Å². The SMILES string of the molecule is CCCn1cncc1COc1ccc(CCC(C)N)cc1. The lowest BCUT2D eigenvalue weighted by atomic mass is 10.1. The lowest BCUT2D eigenvalue weighted by Gasteiger charge is -2.10. The molecule has 0 aliphatic rings. The molecule has 1 unspecified atom stereocenters. The van der Waals surface area contributed by atoms with Crippen molar-refractivity contribution in [3.8, 4) is 5.75 Å². The van der Waals surface area contributed by atoms with Crippen LogP contribution in [0.15, 0.2) is 36.8 Å². The molecule has 1 aromatic carbocycles. The van der Waals surface area contributed by atoms with Crippen molar-refractivity contribution in [1.82, 2.24) is 9.55 Å². The van der Waals surface area contributed by atoms with E-state index in [1.54, 1.807) is 0 Å². The molecule has 114 valence electrons. The van der Waals surface area contributed by atoms with Crippen molar-refractivity contribution in [1.29, 1.82) is 0 Å². The van der Waals surface area contributed by atoms with E-state index in [4.69, 9.17) is 10.5 Å². The number of aromatic nitrogens is 2. The molecule has 0 saturated heterocycles. The second-order valence-corrected chi connectivity index (χ2v) is 5.53. The van der Waals surface area contributed by atoms with Crippen molar-refractivity contribution >= 4 is 0 Å². The van der Waals surface area contributed by atoms with Crippen LogP contribution in [-0.2, 0) is 19.6 Å². The van der Waals surface area contributed by atoms with Crippen molar-refractivity contribution in [3.05, 3.63) is 48.0 Å². The Morgan fingerprint density at radius 1 is 1.29 bits per heavy atom. The van der Waals surface area contributed by atoms with Gasteiger partial charge in [-0.2, -0.15) is 0 Å². The molecule has 4 heteroatoms. The first-order valence-corrected chi connectivity index (χ1v) is 7.65. The predicted octanol–water partition coefficient (Wildman–Crippen LogP) is 3.15. The fourth-order valence-electron chi connectivity index (χ4n) is 2.21. The molecule has 0 bridgehead atoms. The van der Waals surface area contributed by atoms with Crippen molar-refractivity contribution in [3.63, 3.8) is 0 Å². The lowest BCUT2D eigenvalue weighted by molar-refractivity contribution is 0.294. The van der Waals surface area contributed by atoms with Gasteiger partial charge in [0.2, 0.25) is 0 Å². The summed E-state index contributed by atoms with van der Waals surface area (Å²) in [5, 5.41) is 0. The molecule has 0 saturated carbocycles. The molecule has 0 aliphatic carbocycles. The van der Waals surface area contributed by atoms with Crippen LogP contribution in [0.2, 0.25) is 0 Å². The molecule has 0 radical (unpaired) electrons. The van der Waals surface area contributed by atoms with Gasteiger partial charge in [0.05, 0.1) is 18.2 Å². The third-order valence-corrected chi connectivity index (χ3v) is 3.46. The van der Waals surface area contributed by atoms with E-state index >= 15 is 0 Å². The normalized spacial score (nSPS) is 12.3. The number of nitrogens with two attached hydrogens (primary N) is 1. The van der Waals surface area contributed by atoms with Crippen LogP contribution >= 0.6 is 0 Å². The van der Waals surface area contributed by atoms with Gasteiger partial charge in [0.1, 0.15) is 12.4 Å². The zero-order valence-corrected chi connectivity index (χ0v) is 13.0. The Hall–Kier alpha value is -1.81. The van der Waals surface area contributed by atoms with Crippen LogP contribution in [0, 0.1) is 0 Å². The van der Waals surface area contributed by atoms with Crippen LogP contribution < -0.4 is 10.5 Å². The van der Waals surface area contributed by atoms with Crippen molar-refractivity contribution < 1.29 is 4.74 Å². The van der Waals surface area contributed by atoms with E-state index < -0.39 is 0 Å². The molecule has 21 heavy (non-hydrogen) atoms. The highest BCUT2D eigenvalue weighted by Gasteiger charge is 2.03. The van der Waals surface area contributed by atoms with Crippen LogP contribution in [0.1, 0.15) is 37.9 Å². The zero-order chi connectivity index (χ0) is 15.1. The fraction of sp³-hybridized carbons (Fsp3) is 0.471. The third-order valence-electron chi connectivity index (χ3n) is 3.46. The maximum atomic E-state index is 5.83. The first kappa shape index (κ1) is 15.6. The van der Waals surface area contributed by atoms with Crippen molar-refractivity contribution in [2.75, 3.05) is 0 Å². The number of hydrogen-bond acceptors (Lipinski definition) is 3. The molecule has 2 rings (SSSR count). The monoisotopic (exact) mass is 287 g/mol. The van der Waals surface area contributed by atoms with E-state index in [0.717, 1.165) is 37.3 Å². The van der Waals surface area contributed by atoms with Crippen LogP contribution in [0.25, 0.3) is 0 Å². The highest BCUT2D eigenvalue weighted by molar-refractivity contribution is 5.27. The predicted molar refractivity (Wildman–Crippen MR) is 85.3 cm³/mol. The maximum absolute atomic E-state index is 5.83. The molecule has 0 spiro atoms. The van der Waals surface area contributed by atoms with Gasteiger partial charge in [-0.15, -0.1) is 0 Å². The van der Waals surface area contributed by atoms with Gasteiger partial charge in [-0.25, -0.2) is 4.98 Å². The molecule has 1 heterocycles. The second-order valence-electron chi connectivity index (χ2n) is 5.53. The Morgan fingerprint density at radius 3 is 2.71 bits per heavy atom. The number of ether oxygens (including phenoxy) is 1. The molecule has 4 nitrogen and oxygen atoms in total. The van der Waals surface area contributed by atoms with E-state index in [9.17, 15) is 0 Å². The molecule has 0 aliphatic heterocycles. The molecule has 0 amide bonds. The smallest absolute Gasteiger partial charge is 0.130 e. The quantitative estimate of drug-likeness (QED) is 0.811. The van der Waals surface area contributed by atoms with E-state index in [1.807, 2.05) is 31.6 Å². The summed E-state index contributed by atoms with van der Waals surface area (Å²) in [6.07, 6.45) is 6.85. The van der Waals surface area contributed by atoms with Crippen molar-refractivity contribution in [2.45, 2.75) is 52.3 Å². The van der Waals surface area contributed by atoms with Crippen molar-refractivity contribution in [2.24, 2.45) is 5.73 Å². The minimum Gasteiger partial charge on any atom is -0.487 e. The molecule has 1 aromatic heterocycles. The summed E-state index contributed by atoms with van der Waals surface area (Å²) < 4.78 is 7.97. The largest absolute Gasteiger partial charge is 0.487 e. The summed E-state index contributed by atoms with van der Waals surface area (Å²) in [4.78, 5) is 4.18. The van der Waals surface area contributed by atoms with Gasteiger partial charge >= 0.3 is 0 Å². The Balaban J connectivity index is 1.87. The van der Waals surface area contributed by atoms with Gasteiger partial charge in [-0.1, -0.05) is 19.1 Å². The van der Waals surface area contributed by atoms with Gasteiger partial charge < -0.3 is 15.0 Å². The second kappa shape index (κ2) is 7.84. The van der Waals surface area contributed by atoms with Gasteiger partial charge in [-0.3, -0.25) is 0 Å². The van der Waals surface area contributed by atoms with Crippen LogP contribution in [0.4, 0.5) is 0 Å². The minimum absolute atomic E-state index is 0.250. The number of hydrogen-bond donors (Lipinski definition) is 1. The maximum Gasteiger partial charge on any atom is 0.130 e. The molecule has 2 N–H and O–H groups in total. The average molecular weight is 287 g/mol. The zero-order valence-electron chi connectivity index (χ0n) is 13.0. The summed E-state index contributed by atoms with van der Waals surface area (Å²) >= 11 is 0. The Kier molecular flexibility index (Phi) is 5.81. The Labute approximate surface area is 127 Å². The van der Waals surface area contributed by atoms with Crippen LogP contribution in [0.5, 0.6) is 5.75 Å². The topological polar surface area (TPSA) is 53.1 Å². The number of imidazole rings is 1. The van der Waals surface area contributed by atoms with Gasteiger partial charge in [0.25, 0.3) is 0 Å². The highest BCUT2D eigenvalue weighted by Crippen LogP contribution is 2.15. The first-order valence-electron chi connectivity index (χ1n) is 7.65. The Bertz CT molecular complexity index is 531. The molecule has 2 aromatic rings. The van der Waals surface area contributed by atoms with Gasteiger partial charge in [0, 0.05) is 12.6 Å². The molecule has 0 fully saturated rings. The summed E-state index contributed by atoms with van der Waals surface area (Å²) in [6, 6.07) is 8.52. The average Bonchev–Trinajstić information content (AvgIpc) is 2.92. The van der Waals surface area contributed by atoms with Gasteiger partial charge in [-0.05, 0) is 43.9 Å². The van der Waals surface area contributed by atoms with E-state index in [-0.39, 0.29) is 6.04 Å². The number of aryl methyl sites for hydroxylation is 2. The fourth-order valence-corrected chi connectivity index (χ4v) is 2.21. The van der Waals surface area contributed by atoms with Gasteiger partial charge in [0.15, 0.2) is 0 Å².